The van der Waals surface area contributed by atoms with Crippen LogP contribution in [0.25, 0.3) is 0 Å². The first-order chi connectivity index (χ1) is 6.34. The highest BCUT2D eigenvalue weighted by Crippen LogP contribution is 2.30. The summed E-state index contributed by atoms with van der Waals surface area (Å²) in [4.78, 5) is 0. The number of rotatable bonds is 3. The molecule has 0 heterocycles. The Balaban J connectivity index is 1.83. The third-order valence-corrected chi connectivity index (χ3v) is 2.98. The van der Waals surface area contributed by atoms with Crippen LogP contribution in [0.2, 0.25) is 0 Å². The van der Waals surface area contributed by atoms with Crippen LogP contribution < -0.4 is 0 Å². The molecule has 0 bridgehead atoms. The van der Waals surface area contributed by atoms with Crippen molar-refractivity contribution in [3.8, 4) is 0 Å². The third kappa shape index (κ3) is 2.30. The molecule has 0 radical (unpaired) electrons. The normalized spacial score (nSPS) is 17.0. The molecule has 1 aromatic carbocycles. The van der Waals surface area contributed by atoms with Gasteiger partial charge in [0, 0.05) is 0 Å². The second-order valence-electron chi connectivity index (χ2n) is 3.96. The molecule has 0 nitrogen and oxygen atoms in total. The lowest BCUT2D eigenvalue weighted by Crippen LogP contribution is -2.11. The number of hydrogen-bond donors (Lipinski definition) is 0. The van der Waals surface area contributed by atoms with Gasteiger partial charge < -0.3 is 0 Å². The summed E-state index contributed by atoms with van der Waals surface area (Å²) in [6.07, 6.45) is 6.62. The van der Waals surface area contributed by atoms with E-state index in [9.17, 15) is 4.39 Å². The first-order valence-electron chi connectivity index (χ1n) is 5.09. The molecular formula is C12H15F. The zero-order valence-electron chi connectivity index (χ0n) is 7.80. The molecule has 0 amide bonds. The van der Waals surface area contributed by atoms with E-state index in [2.05, 4.69) is 0 Å². The van der Waals surface area contributed by atoms with Crippen molar-refractivity contribution in [2.75, 3.05) is 0 Å². The molecule has 70 valence electrons. The van der Waals surface area contributed by atoms with Gasteiger partial charge in [-0.25, -0.2) is 4.39 Å². The molecule has 1 aromatic rings. The van der Waals surface area contributed by atoms with Crippen molar-refractivity contribution in [1.29, 1.82) is 0 Å². The Kier molecular flexibility index (Phi) is 2.62. The van der Waals surface area contributed by atoms with E-state index in [1.807, 2.05) is 12.1 Å². The summed E-state index contributed by atoms with van der Waals surface area (Å²) in [5.74, 6) is 0.817. The van der Waals surface area contributed by atoms with E-state index in [4.69, 9.17) is 0 Å². The Morgan fingerprint density at radius 3 is 2.38 bits per heavy atom. The van der Waals surface area contributed by atoms with E-state index in [1.54, 1.807) is 12.1 Å². The third-order valence-electron chi connectivity index (χ3n) is 2.98. The first kappa shape index (κ1) is 8.74. The van der Waals surface area contributed by atoms with Gasteiger partial charge in [0.25, 0.3) is 0 Å². The summed E-state index contributed by atoms with van der Waals surface area (Å²) < 4.78 is 12.6. The number of hydrogen-bond acceptors (Lipinski definition) is 0. The summed E-state index contributed by atoms with van der Waals surface area (Å²) in [6.45, 7) is 0. The Hall–Kier alpha value is -0.850. The van der Waals surface area contributed by atoms with Crippen LogP contribution in [0.1, 0.15) is 31.2 Å². The molecular weight excluding hydrogens is 163 g/mol. The molecule has 0 saturated heterocycles. The molecule has 2 rings (SSSR count). The van der Waals surface area contributed by atoms with Gasteiger partial charge in [-0.2, -0.15) is 0 Å². The lowest BCUT2D eigenvalue weighted by Gasteiger charge is -2.25. The molecule has 0 atom stereocenters. The van der Waals surface area contributed by atoms with Crippen LogP contribution in [-0.4, -0.2) is 0 Å². The molecule has 1 aliphatic carbocycles. The van der Waals surface area contributed by atoms with Crippen LogP contribution in [0.15, 0.2) is 24.3 Å². The summed E-state index contributed by atoms with van der Waals surface area (Å²) in [5.41, 5.74) is 1.27. The highest BCUT2D eigenvalue weighted by Gasteiger charge is 2.16. The lowest BCUT2D eigenvalue weighted by atomic mass is 9.81. The van der Waals surface area contributed by atoms with Crippen LogP contribution in [0, 0.1) is 11.7 Å². The lowest BCUT2D eigenvalue weighted by molar-refractivity contribution is 0.296. The molecule has 0 aliphatic heterocycles. The van der Waals surface area contributed by atoms with Crippen LogP contribution in [0.5, 0.6) is 0 Å². The van der Waals surface area contributed by atoms with Gasteiger partial charge in [-0.05, 0) is 36.5 Å². The minimum atomic E-state index is -0.132. The van der Waals surface area contributed by atoms with Gasteiger partial charge in [-0.1, -0.05) is 31.4 Å². The monoisotopic (exact) mass is 178 g/mol. The number of halogens is 1. The van der Waals surface area contributed by atoms with Gasteiger partial charge in [0.1, 0.15) is 5.82 Å². The summed E-state index contributed by atoms with van der Waals surface area (Å²) in [7, 11) is 0. The SMILES string of the molecule is Fc1ccc(CCC2CCC2)cc1. The molecule has 13 heavy (non-hydrogen) atoms. The van der Waals surface area contributed by atoms with E-state index in [-0.39, 0.29) is 5.82 Å². The minimum absolute atomic E-state index is 0.132. The molecule has 0 aromatic heterocycles. The average Bonchev–Trinajstić information content (AvgIpc) is 2.05. The van der Waals surface area contributed by atoms with Crippen molar-refractivity contribution >= 4 is 0 Å². The van der Waals surface area contributed by atoms with Crippen molar-refractivity contribution in [2.24, 2.45) is 5.92 Å². The van der Waals surface area contributed by atoms with Crippen molar-refractivity contribution in [3.05, 3.63) is 35.6 Å². The van der Waals surface area contributed by atoms with Crippen LogP contribution in [0.3, 0.4) is 0 Å². The quantitative estimate of drug-likeness (QED) is 0.664. The van der Waals surface area contributed by atoms with E-state index in [1.165, 1.54) is 31.2 Å². The Morgan fingerprint density at radius 1 is 1.15 bits per heavy atom. The Labute approximate surface area is 78.8 Å². The topological polar surface area (TPSA) is 0 Å². The maximum absolute atomic E-state index is 12.6. The second kappa shape index (κ2) is 3.91. The predicted molar refractivity (Wildman–Crippen MR) is 52.1 cm³/mol. The van der Waals surface area contributed by atoms with E-state index in [0.717, 1.165) is 12.3 Å². The molecule has 1 fully saturated rings. The van der Waals surface area contributed by atoms with Crippen molar-refractivity contribution in [1.82, 2.24) is 0 Å². The highest BCUT2D eigenvalue weighted by molar-refractivity contribution is 5.16. The fourth-order valence-electron chi connectivity index (χ4n) is 1.80. The van der Waals surface area contributed by atoms with Gasteiger partial charge in [0.15, 0.2) is 0 Å². The van der Waals surface area contributed by atoms with Crippen molar-refractivity contribution in [3.63, 3.8) is 0 Å². The van der Waals surface area contributed by atoms with Gasteiger partial charge in [-0.3, -0.25) is 0 Å². The highest BCUT2D eigenvalue weighted by atomic mass is 19.1. The first-order valence-corrected chi connectivity index (χ1v) is 5.09. The number of aryl methyl sites for hydroxylation is 1. The molecule has 0 unspecified atom stereocenters. The van der Waals surface area contributed by atoms with Crippen LogP contribution >= 0.6 is 0 Å². The average molecular weight is 178 g/mol. The van der Waals surface area contributed by atoms with Crippen LogP contribution in [-0.2, 0) is 6.42 Å². The van der Waals surface area contributed by atoms with Crippen LogP contribution in [0.4, 0.5) is 4.39 Å². The predicted octanol–water partition coefficient (Wildman–Crippen LogP) is 3.56. The molecule has 1 saturated carbocycles. The summed E-state index contributed by atoms with van der Waals surface area (Å²) in [5, 5.41) is 0. The van der Waals surface area contributed by atoms with E-state index < -0.39 is 0 Å². The van der Waals surface area contributed by atoms with Gasteiger partial charge in [0.05, 0.1) is 0 Å². The minimum Gasteiger partial charge on any atom is -0.207 e. The summed E-state index contributed by atoms with van der Waals surface area (Å²) in [6, 6.07) is 6.90. The fourth-order valence-corrected chi connectivity index (χ4v) is 1.80. The smallest absolute Gasteiger partial charge is 0.123 e. The van der Waals surface area contributed by atoms with Gasteiger partial charge in [-0.15, -0.1) is 0 Å². The summed E-state index contributed by atoms with van der Waals surface area (Å²) >= 11 is 0. The number of benzene rings is 1. The van der Waals surface area contributed by atoms with E-state index in [0.29, 0.717) is 0 Å². The fraction of sp³-hybridized carbons (Fsp3) is 0.500. The van der Waals surface area contributed by atoms with E-state index >= 15 is 0 Å². The molecule has 0 spiro atoms. The molecule has 1 aliphatic rings. The maximum Gasteiger partial charge on any atom is 0.123 e. The zero-order valence-corrected chi connectivity index (χ0v) is 7.80. The van der Waals surface area contributed by atoms with Gasteiger partial charge >= 0.3 is 0 Å². The maximum atomic E-state index is 12.6. The zero-order chi connectivity index (χ0) is 9.10. The molecule has 0 N–H and O–H groups in total. The van der Waals surface area contributed by atoms with Crippen molar-refractivity contribution < 1.29 is 4.39 Å². The Morgan fingerprint density at radius 2 is 1.85 bits per heavy atom. The van der Waals surface area contributed by atoms with Crippen molar-refractivity contribution in [2.45, 2.75) is 32.1 Å². The second-order valence-corrected chi connectivity index (χ2v) is 3.96. The Bertz CT molecular complexity index is 259. The largest absolute Gasteiger partial charge is 0.207 e. The molecule has 1 heteroatoms. The van der Waals surface area contributed by atoms with Gasteiger partial charge in [0.2, 0.25) is 0 Å². The standard InChI is InChI=1S/C12H15F/c13-12-8-6-11(7-9-12)5-4-10-2-1-3-10/h6-10H,1-5H2.